The van der Waals surface area contributed by atoms with Gasteiger partial charge in [-0.15, -0.1) is 0 Å². The van der Waals surface area contributed by atoms with Gasteiger partial charge in [0.1, 0.15) is 19.3 Å². The summed E-state index contributed by atoms with van der Waals surface area (Å²) in [6.07, 6.45) is 83.8. The Balaban J connectivity index is 5.47. The fourth-order valence-corrected chi connectivity index (χ4v) is 10.7. The van der Waals surface area contributed by atoms with Crippen molar-refractivity contribution in [2.75, 3.05) is 39.6 Å². The van der Waals surface area contributed by atoms with Crippen LogP contribution in [-0.4, -0.2) is 96.7 Å². The Labute approximate surface area is 603 Å². The summed E-state index contributed by atoms with van der Waals surface area (Å²) in [5.41, 5.74) is 0. The lowest BCUT2D eigenvalue weighted by molar-refractivity contribution is -0.161. The van der Waals surface area contributed by atoms with Crippen molar-refractivity contribution in [3.05, 3.63) is 170 Å². The number of ether oxygens (including phenoxy) is 4. The van der Waals surface area contributed by atoms with Gasteiger partial charge in [-0.25, -0.2) is 9.13 Å². The zero-order valence-electron chi connectivity index (χ0n) is 61.5. The molecule has 19 heteroatoms. The van der Waals surface area contributed by atoms with E-state index in [0.29, 0.717) is 25.7 Å². The Morgan fingerprint density at radius 1 is 0.300 bits per heavy atom. The highest BCUT2D eigenvalue weighted by molar-refractivity contribution is 7.47. The zero-order valence-corrected chi connectivity index (χ0v) is 63.3. The smallest absolute Gasteiger partial charge is 0.462 e. The Hall–Kier alpha value is -5.58. The molecule has 17 nitrogen and oxygen atoms in total. The fraction of sp³-hybridized carbons (Fsp3) is 0.605. The summed E-state index contributed by atoms with van der Waals surface area (Å²) in [5.74, 6) is -2.41. The summed E-state index contributed by atoms with van der Waals surface area (Å²) >= 11 is 0. The van der Waals surface area contributed by atoms with Gasteiger partial charge in [0, 0.05) is 19.3 Å². The Morgan fingerprint density at radius 3 is 0.900 bits per heavy atom. The maximum atomic E-state index is 13.1. The first-order valence-electron chi connectivity index (χ1n) is 37.4. The van der Waals surface area contributed by atoms with Crippen LogP contribution in [0.4, 0.5) is 0 Å². The van der Waals surface area contributed by atoms with Crippen molar-refractivity contribution >= 4 is 39.5 Å². The molecule has 0 aliphatic rings. The van der Waals surface area contributed by atoms with E-state index in [1.165, 1.54) is 6.42 Å². The van der Waals surface area contributed by atoms with Crippen LogP contribution >= 0.6 is 15.6 Å². The lowest BCUT2D eigenvalue weighted by Crippen LogP contribution is -2.30. The van der Waals surface area contributed by atoms with Gasteiger partial charge in [-0.3, -0.25) is 37.3 Å². The number of carbonyl (C=O) groups excluding carboxylic acids is 4. The third-order valence-corrected chi connectivity index (χ3v) is 16.6. The number of unbranched alkanes of at least 4 members (excludes halogenated alkanes) is 15. The van der Waals surface area contributed by atoms with E-state index >= 15 is 0 Å². The summed E-state index contributed by atoms with van der Waals surface area (Å²) in [6.45, 7) is 4.27. The number of allylic oxidation sites excluding steroid dienone is 27. The molecule has 0 aromatic carbocycles. The van der Waals surface area contributed by atoms with Gasteiger partial charge in [0.05, 0.1) is 32.8 Å². The molecule has 0 saturated heterocycles. The highest BCUT2D eigenvalue weighted by Crippen LogP contribution is 2.45. The van der Waals surface area contributed by atoms with Crippen LogP contribution in [0, 0.1) is 0 Å². The van der Waals surface area contributed by atoms with Crippen molar-refractivity contribution in [3.63, 3.8) is 0 Å². The van der Waals surface area contributed by atoms with Crippen LogP contribution in [0.25, 0.3) is 0 Å². The van der Waals surface area contributed by atoms with E-state index in [9.17, 15) is 43.2 Å². The monoisotopic (exact) mass is 1440 g/mol. The van der Waals surface area contributed by atoms with Crippen molar-refractivity contribution < 1.29 is 80.2 Å². The lowest BCUT2D eigenvalue weighted by atomic mass is 10.1. The van der Waals surface area contributed by atoms with Crippen molar-refractivity contribution in [1.82, 2.24) is 0 Å². The average Bonchev–Trinajstić information content (AvgIpc) is 1.07. The molecule has 3 N–H and O–H groups in total. The number of phosphoric acid groups is 2. The summed E-state index contributed by atoms with van der Waals surface area (Å²) in [7, 11) is -10.0. The number of hydrogen-bond donors (Lipinski definition) is 3. The van der Waals surface area contributed by atoms with Crippen molar-refractivity contribution in [1.29, 1.82) is 0 Å². The summed E-state index contributed by atoms with van der Waals surface area (Å²) in [5, 5.41) is 10.6. The van der Waals surface area contributed by atoms with Crippen LogP contribution in [0.3, 0.4) is 0 Å². The van der Waals surface area contributed by atoms with E-state index < -0.39 is 97.5 Å². The van der Waals surface area contributed by atoms with Crippen molar-refractivity contribution in [3.8, 4) is 0 Å². The second-order valence-electron chi connectivity index (χ2n) is 24.1. The molecule has 0 aromatic heterocycles. The Bertz CT molecular complexity index is 2570. The Kier molecular flexibility index (Phi) is 67.8. The van der Waals surface area contributed by atoms with E-state index in [2.05, 4.69) is 174 Å². The first kappa shape index (κ1) is 94.4. The second kappa shape index (κ2) is 71.8. The summed E-state index contributed by atoms with van der Waals surface area (Å²) in [6, 6.07) is 0. The van der Waals surface area contributed by atoms with E-state index in [1.807, 2.05) is 18.2 Å². The molecule has 5 unspecified atom stereocenters. The van der Waals surface area contributed by atoms with Gasteiger partial charge in [0.25, 0.3) is 0 Å². The van der Waals surface area contributed by atoms with Gasteiger partial charge in [0.15, 0.2) is 12.2 Å². The summed E-state index contributed by atoms with van der Waals surface area (Å²) < 4.78 is 68.2. The molecule has 0 saturated carbocycles. The quantitative estimate of drug-likeness (QED) is 0.0169. The predicted molar refractivity (Wildman–Crippen MR) is 408 cm³/mol. The lowest BCUT2D eigenvalue weighted by Gasteiger charge is -2.21. The third kappa shape index (κ3) is 70.8. The molecule has 0 rings (SSSR count). The fourth-order valence-electron chi connectivity index (χ4n) is 9.08. The topological polar surface area (TPSA) is 237 Å². The highest BCUT2D eigenvalue weighted by Gasteiger charge is 2.30. The van der Waals surface area contributed by atoms with Crippen LogP contribution < -0.4 is 0 Å². The molecule has 0 heterocycles. The third-order valence-electron chi connectivity index (χ3n) is 14.7. The minimum Gasteiger partial charge on any atom is -0.462 e. The minimum atomic E-state index is -5.00. The van der Waals surface area contributed by atoms with E-state index in [-0.39, 0.29) is 25.7 Å². The average molecular weight is 1440 g/mol. The largest absolute Gasteiger partial charge is 0.472 e. The molecule has 0 aromatic rings. The molecule has 100 heavy (non-hydrogen) atoms. The maximum absolute atomic E-state index is 13.1. The number of esters is 4. The molecular weight excluding hydrogens is 1310 g/mol. The molecule has 0 bridgehead atoms. The predicted octanol–water partition coefficient (Wildman–Crippen LogP) is 21.4. The van der Waals surface area contributed by atoms with Crippen molar-refractivity contribution in [2.24, 2.45) is 0 Å². The van der Waals surface area contributed by atoms with E-state index in [1.54, 1.807) is 6.08 Å². The molecule has 0 aliphatic carbocycles. The summed E-state index contributed by atoms with van der Waals surface area (Å²) in [4.78, 5) is 72.7. The second-order valence-corrected chi connectivity index (χ2v) is 27.0. The number of phosphoric ester groups is 2. The number of aliphatic hydroxyl groups excluding tert-OH is 1. The molecule has 0 fully saturated rings. The van der Waals surface area contributed by atoms with Crippen molar-refractivity contribution in [2.45, 2.75) is 277 Å². The molecule has 0 spiro atoms. The first-order valence-corrected chi connectivity index (χ1v) is 40.4. The van der Waals surface area contributed by atoms with Gasteiger partial charge in [0.2, 0.25) is 0 Å². The number of rotatable bonds is 68. The van der Waals surface area contributed by atoms with Gasteiger partial charge < -0.3 is 33.8 Å². The molecule has 0 amide bonds. The van der Waals surface area contributed by atoms with Crippen LogP contribution in [0.15, 0.2) is 170 Å². The number of carbonyl (C=O) groups is 4. The van der Waals surface area contributed by atoms with Gasteiger partial charge in [-0.2, -0.15) is 0 Å². The normalized spacial score (nSPS) is 14.9. The van der Waals surface area contributed by atoms with Gasteiger partial charge >= 0.3 is 39.5 Å². The number of hydrogen-bond acceptors (Lipinski definition) is 15. The zero-order chi connectivity index (χ0) is 73.2. The van der Waals surface area contributed by atoms with E-state index in [0.717, 1.165) is 173 Å². The minimum absolute atomic E-state index is 0.0525. The van der Waals surface area contributed by atoms with Crippen LogP contribution in [0.2, 0.25) is 0 Å². The highest BCUT2D eigenvalue weighted by atomic mass is 31.2. The molecule has 566 valence electrons. The van der Waals surface area contributed by atoms with Crippen LogP contribution in [0.1, 0.15) is 259 Å². The molecule has 5 atom stereocenters. The number of aliphatic hydroxyl groups is 1. The van der Waals surface area contributed by atoms with E-state index in [4.69, 9.17) is 37.0 Å². The van der Waals surface area contributed by atoms with Crippen LogP contribution in [-0.2, 0) is 65.4 Å². The maximum Gasteiger partial charge on any atom is 0.472 e. The van der Waals surface area contributed by atoms with Crippen LogP contribution in [0.5, 0.6) is 0 Å². The first-order chi connectivity index (χ1) is 48.7. The Morgan fingerprint density at radius 2 is 0.560 bits per heavy atom. The molecule has 0 aliphatic heterocycles. The molecule has 0 radical (unpaired) electrons. The standard InChI is InChI=1S/C81H130O17P2/c1-5-9-13-17-21-25-29-32-35-37-40-43-47-50-54-58-62-66-79(84)92-72-77(98-81(86)68-64-60-56-52-48-44-41-38-36-33-30-26-22-18-14-10-6-2)74-96-100(89,90)94-70-75(82)69-93-99(87,88)95-73-76(97-80(85)67-63-59-55-51-45-28-24-20-16-12-8-4)71-91-78(83)65-61-57-53-49-46-42-39-34-31-27-23-19-15-11-7-3/h9-11,13-15,20-27,32-36,39-41,43-44,46,49,57,61,75-77,82H,5-8,12,16-19,28-31,37-38,42,45,47-48,50-56,58-60,62-74H2,1-4H3,(H,87,88)(H,89,90)/b13-9-,14-10-,15-11-,24-20-,25-21-,26-22-,27-23-,35-32-,36-33-,39-34-,43-40-,44-41-,49-46-,61-57-. The molecular formula is C81H130O17P2. The van der Waals surface area contributed by atoms with Gasteiger partial charge in [-0.05, 0) is 148 Å². The van der Waals surface area contributed by atoms with Gasteiger partial charge in [-0.1, -0.05) is 256 Å². The SMILES string of the molecule is CC/C=C\C/C=C\C/C=C\C/C=C\C/C=C\CC(=O)OCC(COP(=O)(O)OCC(O)COP(=O)(O)OCC(COC(=O)CCCCCC/C=C\C/C=C\C/C=C\C/C=C\CC)OC(=O)CCCCCC/C=C\C/C=C\C/C=C\C/C=C\CC)OC(=O)CCCCCCC/C=C\CCCC.